The van der Waals surface area contributed by atoms with Crippen LogP contribution in [-0.2, 0) is 5.41 Å². The Bertz CT molecular complexity index is 519. The minimum Gasteiger partial charge on any atom is -0.396 e. The molecule has 0 unspecified atom stereocenters. The second-order valence-electron chi connectivity index (χ2n) is 6.32. The van der Waals surface area contributed by atoms with Gasteiger partial charge in [-0.25, -0.2) is 4.79 Å². The maximum absolute atomic E-state index is 11.9. The molecule has 0 bridgehead atoms. The van der Waals surface area contributed by atoms with Crippen molar-refractivity contribution in [3.63, 3.8) is 0 Å². The fourth-order valence-electron chi connectivity index (χ4n) is 2.14. The molecule has 0 aromatic carbocycles. The summed E-state index contributed by atoms with van der Waals surface area (Å²) >= 11 is 0. The van der Waals surface area contributed by atoms with Crippen molar-refractivity contribution in [2.24, 2.45) is 5.92 Å². The van der Waals surface area contributed by atoms with Gasteiger partial charge in [0.05, 0.1) is 5.69 Å². The van der Waals surface area contributed by atoms with E-state index in [4.69, 9.17) is 5.11 Å². The van der Waals surface area contributed by atoms with E-state index < -0.39 is 0 Å². The van der Waals surface area contributed by atoms with Gasteiger partial charge in [0.2, 0.25) is 0 Å². The van der Waals surface area contributed by atoms with Crippen LogP contribution in [0.3, 0.4) is 0 Å². The molecule has 2 atom stereocenters. The Morgan fingerprint density at radius 2 is 2.10 bits per heavy atom. The zero-order valence-electron chi connectivity index (χ0n) is 12.6. The third-order valence-corrected chi connectivity index (χ3v) is 3.40. The Morgan fingerprint density at radius 1 is 1.33 bits per heavy atom. The van der Waals surface area contributed by atoms with Gasteiger partial charge >= 0.3 is 6.03 Å². The van der Waals surface area contributed by atoms with Gasteiger partial charge in [0, 0.05) is 24.0 Å². The number of aliphatic hydroxyl groups excluding tert-OH is 1. The molecule has 3 N–H and O–H groups in total. The van der Waals surface area contributed by atoms with Crippen LogP contribution in [0.1, 0.15) is 32.9 Å². The average Bonchev–Trinajstić information content (AvgIpc) is 2.85. The summed E-state index contributed by atoms with van der Waals surface area (Å²) in [7, 11) is 0. The van der Waals surface area contributed by atoms with Crippen LogP contribution in [0.4, 0.5) is 10.6 Å². The van der Waals surface area contributed by atoms with Crippen LogP contribution in [0.2, 0.25) is 0 Å². The number of nitrogens with one attached hydrogen (secondary N) is 2. The minimum absolute atomic E-state index is 0.0519. The van der Waals surface area contributed by atoms with Gasteiger partial charge in [-0.2, -0.15) is 5.10 Å². The summed E-state index contributed by atoms with van der Waals surface area (Å²) in [5.74, 6) is 0.544. The molecule has 2 amide bonds. The lowest BCUT2D eigenvalue weighted by molar-refractivity contribution is 0.238. The molecule has 0 saturated carbocycles. The first-order chi connectivity index (χ1) is 9.88. The first-order valence-electron chi connectivity index (χ1n) is 7.09. The molecule has 1 heterocycles. The molecule has 0 radical (unpaired) electrons. The molecule has 0 spiro atoms. The number of hydrogen-bond acceptors (Lipinski definition) is 4. The van der Waals surface area contributed by atoms with Crippen LogP contribution < -0.4 is 10.6 Å². The van der Waals surface area contributed by atoms with Crippen molar-refractivity contribution in [2.75, 3.05) is 11.9 Å². The molecule has 21 heavy (non-hydrogen) atoms. The third kappa shape index (κ3) is 4.26. The highest BCUT2D eigenvalue weighted by atomic mass is 16.3. The number of urea groups is 1. The molecule has 2 rings (SSSR count). The molecule has 6 nitrogen and oxygen atoms in total. The van der Waals surface area contributed by atoms with Crippen LogP contribution >= 0.6 is 0 Å². The monoisotopic (exact) mass is 290 g/mol. The first kappa shape index (κ1) is 15.4. The number of carbonyl (C=O) groups is 1. The lowest BCUT2D eigenvalue weighted by atomic mass is 9.92. The fourth-order valence-corrected chi connectivity index (χ4v) is 2.14. The van der Waals surface area contributed by atoms with Crippen molar-refractivity contribution in [1.29, 1.82) is 0 Å². The average molecular weight is 290 g/mol. The van der Waals surface area contributed by atoms with E-state index in [1.54, 1.807) is 6.07 Å². The van der Waals surface area contributed by atoms with Gasteiger partial charge < -0.3 is 10.4 Å². The van der Waals surface area contributed by atoms with Crippen LogP contribution in [-0.4, -0.2) is 34.0 Å². The van der Waals surface area contributed by atoms with Crippen molar-refractivity contribution in [2.45, 2.75) is 38.6 Å². The SMILES string of the molecule is CC(C)(C)c1ccc(NC(=O)N[C@@H]2C=C[C@H](CO)C2)nn1. The molecule has 1 aliphatic rings. The Labute approximate surface area is 124 Å². The highest BCUT2D eigenvalue weighted by Crippen LogP contribution is 2.20. The highest BCUT2D eigenvalue weighted by Gasteiger charge is 2.20. The molecule has 0 saturated heterocycles. The maximum atomic E-state index is 11.9. The third-order valence-electron chi connectivity index (χ3n) is 3.40. The molecular formula is C15H22N4O2. The van der Waals surface area contributed by atoms with Crippen molar-refractivity contribution >= 4 is 11.8 Å². The number of hydrogen-bond donors (Lipinski definition) is 3. The zero-order valence-corrected chi connectivity index (χ0v) is 12.6. The summed E-state index contributed by atoms with van der Waals surface area (Å²) in [6.07, 6.45) is 4.54. The molecule has 0 fully saturated rings. The van der Waals surface area contributed by atoms with E-state index in [0.717, 1.165) is 12.1 Å². The van der Waals surface area contributed by atoms with Crippen molar-refractivity contribution < 1.29 is 9.90 Å². The predicted molar refractivity (Wildman–Crippen MR) is 81.0 cm³/mol. The van der Waals surface area contributed by atoms with E-state index in [2.05, 4.69) is 41.6 Å². The number of aromatic nitrogens is 2. The smallest absolute Gasteiger partial charge is 0.320 e. The standard InChI is InChI=1S/C15H22N4O2/c1-15(2,3)12-6-7-13(19-18-12)17-14(21)16-11-5-4-10(8-11)9-20/h4-7,10-11,20H,8-9H2,1-3H3,(H2,16,17,19,21)/t10-,11+/m0/s1. The van der Waals surface area contributed by atoms with E-state index in [0.29, 0.717) is 5.82 Å². The maximum Gasteiger partial charge on any atom is 0.320 e. The highest BCUT2D eigenvalue weighted by molar-refractivity contribution is 5.88. The zero-order chi connectivity index (χ0) is 15.5. The lowest BCUT2D eigenvalue weighted by Crippen LogP contribution is -2.36. The van der Waals surface area contributed by atoms with E-state index in [9.17, 15) is 4.79 Å². The van der Waals surface area contributed by atoms with Gasteiger partial charge in [-0.3, -0.25) is 5.32 Å². The summed E-state index contributed by atoms with van der Waals surface area (Å²) in [5, 5.41) is 22.7. The van der Waals surface area contributed by atoms with Crippen LogP contribution in [0.5, 0.6) is 0 Å². The van der Waals surface area contributed by atoms with Crippen molar-refractivity contribution in [3.8, 4) is 0 Å². The number of rotatable bonds is 3. The number of anilines is 1. The van der Waals surface area contributed by atoms with Gasteiger partial charge in [0.1, 0.15) is 0 Å². The Kier molecular flexibility index (Phi) is 4.57. The number of aliphatic hydroxyl groups is 1. The van der Waals surface area contributed by atoms with Crippen molar-refractivity contribution in [1.82, 2.24) is 15.5 Å². The second kappa shape index (κ2) is 6.22. The van der Waals surface area contributed by atoms with E-state index >= 15 is 0 Å². The van der Waals surface area contributed by atoms with Crippen molar-refractivity contribution in [3.05, 3.63) is 30.0 Å². The van der Waals surface area contributed by atoms with Crippen LogP contribution in [0.15, 0.2) is 24.3 Å². The van der Waals surface area contributed by atoms with Gasteiger partial charge in [-0.05, 0) is 18.6 Å². The Morgan fingerprint density at radius 3 is 2.62 bits per heavy atom. The topological polar surface area (TPSA) is 87.1 Å². The fraction of sp³-hybridized carbons (Fsp3) is 0.533. The molecule has 1 aromatic rings. The quantitative estimate of drug-likeness (QED) is 0.741. The molecule has 6 heteroatoms. The van der Waals surface area contributed by atoms with Crippen LogP contribution in [0, 0.1) is 5.92 Å². The summed E-state index contributed by atoms with van der Waals surface area (Å²) in [4.78, 5) is 11.9. The molecule has 0 aliphatic heterocycles. The Balaban J connectivity index is 1.87. The molecule has 1 aromatic heterocycles. The van der Waals surface area contributed by atoms with E-state index in [-0.39, 0.29) is 30.0 Å². The van der Waals surface area contributed by atoms with Gasteiger partial charge in [-0.1, -0.05) is 32.9 Å². The number of carbonyl (C=O) groups excluding carboxylic acids is 1. The van der Waals surface area contributed by atoms with E-state index in [1.165, 1.54) is 0 Å². The summed E-state index contributed by atoms with van der Waals surface area (Å²) < 4.78 is 0. The van der Waals surface area contributed by atoms with Gasteiger partial charge in [-0.15, -0.1) is 5.10 Å². The first-order valence-corrected chi connectivity index (χ1v) is 7.09. The van der Waals surface area contributed by atoms with Gasteiger partial charge in [0.25, 0.3) is 0 Å². The van der Waals surface area contributed by atoms with E-state index in [1.807, 2.05) is 18.2 Å². The summed E-state index contributed by atoms with van der Waals surface area (Å²) in [6.45, 7) is 6.28. The van der Waals surface area contributed by atoms with Crippen LogP contribution in [0.25, 0.3) is 0 Å². The second-order valence-corrected chi connectivity index (χ2v) is 6.32. The summed E-state index contributed by atoms with van der Waals surface area (Å²) in [5.41, 5.74) is 0.805. The lowest BCUT2D eigenvalue weighted by Gasteiger charge is -2.17. The normalized spacial score (nSPS) is 21.3. The van der Waals surface area contributed by atoms with Gasteiger partial charge in [0.15, 0.2) is 5.82 Å². The summed E-state index contributed by atoms with van der Waals surface area (Å²) in [6, 6.07) is 3.23. The molecular weight excluding hydrogens is 268 g/mol. The predicted octanol–water partition coefficient (Wildman–Crippen LogP) is 1.83. The number of amides is 2. The molecule has 1 aliphatic carbocycles. The largest absolute Gasteiger partial charge is 0.396 e. The molecule has 114 valence electrons. The minimum atomic E-state index is -0.318. The number of nitrogens with zero attached hydrogens (tertiary/aromatic N) is 2. The Hall–Kier alpha value is -1.95.